The zero-order valence-corrected chi connectivity index (χ0v) is 35.4. The van der Waals surface area contributed by atoms with E-state index in [-0.39, 0.29) is 81.0 Å². The van der Waals surface area contributed by atoms with Gasteiger partial charge in [-0.05, 0) is 48.6 Å². The van der Waals surface area contributed by atoms with Gasteiger partial charge >= 0.3 is 0 Å². The van der Waals surface area contributed by atoms with E-state index in [9.17, 15) is 38.0 Å². The first-order chi connectivity index (χ1) is 31.0. The molecule has 344 valence electrons. The molecular formula is C43H51FN6O14. The van der Waals surface area contributed by atoms with E-state index in [4.69, 9.17) is 33.2 Å². The number of methoxy groups -OCH3 is 1. The highest BCUT2D eigenvalue weighted by Crippen LogP contribution is 2.34. The highest BCUT2D eigenvalue weighted by atomic mass is 19.1. The Balaban J connectivity index is 0.772. The minimum Gasteiger partial charge on any atom is -0.496 e. The maximum absolute atomic E-state index is 14.2. The maximum Gasteiger partial charge on any atom is 0.266 e. The van der Waals surface area contributed by atoms with Crippen molar-refractivity contribution in [3.8, 4) is 17.4 Å². The topological polar surface area (TPSA) is 248 Å². The zero-order valence-electron chi connectivity index (χ0n) is 35.4. The Morgan fingerprint density at radius 1 is 0.844 bits per heavy atom. The molecule has 0 bridgehead atoms. The summed E-state index contributed by atoms with van der Waals surface area (Å²) in [5, 5.41) is 11.5. The molecule has 6 rings (SSSR count). The van der Waals surface area contributed by atoms with Crippen LogP contribution in [0.15, 0.2) is 42.6 Å². The lowest BCUT2D eigenvalue weighted by Gasteiger charge is -2.27. The minimum atomic E-state index is -1.58. The number of hydrogen-bond donors (Lipinski definition) is 4. The second-order valence-corrected chi connectivity index (χ2v) is 14.8. The average Bonchev–Trinajstić information content (AvgIpc) is 3.72. The van der Waals surface area contributed by atoms with Crippen LogP contribution in [0.25, 0.3) is 10.8 Å². The summed E-state index contributed by atoms with van der Waals surface area (Å²) in [6.45, 7) is 4.15. The van der Waals surface area contributed by atoms with Crippen LogP contribution in [0.5, 0.6) is 17.4 Å². The van der Waals surface area contributed by atoms with Gasteiger partial charge in [-0.15, -0.1) is 0 Å². The van der Waals surface area contributed by atoms with E-state index in [0.717, 1.165) is 4.90 Å². The number of hydrogen-bond acceptors (Lipinski definition) is 15. The Morgan fingerprint density at radius 2 is 1.53 bits per heavy atom. The average molecular weight is 895 g/mol. The SMILES string of the molecule is CC[C@@H]1[C@H](F)C(=O)N[C@@H]1COc1nccc2cc(C(=O)NCCOCCOCCOCCOCCNC(=O)COc3cccc4c3C(=O)N(C3CCC(=O)NC3=O)C4=O)c(OC)cc12. The van der Waals surface area contributed by atoms with E-state index in [2.05, 4.69) is 26.3 Å². The summed E-state index contributed by atoms with van der Waals surface area (Å²) in [5.41, 5.74) is 0.306. The molecule has 21 heteroatoms. The van der Waals surface area contributed by atoms with Crippen molar-refractivity contribution in [2.75, 3.05) is 86.3 Å². The highest BCUT2D eigenvalue weighted by molar-refractivity contribution is 6.24. The number of carbonyl (C=O) groups is 7. The third-order valence-corrected chi connectivity index (χ3v) is 10.6. The van der Waals surface area contributed by atoms with Crippen LogP contribution >= 0.6 is 0 Å². The van der Waals surface area contributed by atoms with Crippen molar-refractivity contribution in [2.24, 2.45) is 5.92 Å². The first-order valence-corrected chi connectivity index (χ1v) is 20.9. The van der Waals surface area contributed by atoms with Gasteiger partial charge in [0.05, 0.1) is 82.7 Å². The summed E-state index contributed by atoms with van der Waals surface area (Å²) < 4.78 is 53.2. The summed E-state index contributed by atoms with van der Waals surface area (Å²) >= 11 is 0. The summed E-state index contributed by atoms with van der Waals surface area (Å²) in [6.07, 6.45) is 0.459. The second kappa shape index (κ2) is 22.9. The number of alkyl halides is 1. The van der Waals surface area contributed by atoms with E-state index >= 15 is 0 Å². The van der Waals surface area contributed by atoms with E-state index in [1.54, 1.807) is 24.4 Å². The van der Waals surface area contributed by atoms with Gasteiger partial charge in [0.2, 0.25) is 17.7 Å². The summed E-state index contributed by atoms with van der Waals surface area (Å²) in [4.78, 5) is 92.4. The smallest absolute Gasteiger partial charge is 0.266 e. The number of benzene rings is 2. The molecule has 0 spiro atoms. The van der Waals surface area contributed by atoms with Gasteiger partial charge in [0, 0.05) is 37.0 Å². The van der Waals surface area contributed by atoms with Gasteiger partial charge in [-0.25, -0.2) is 9.37 Å². The number of ether oxygens (including phenoxy) is 7. The molecule has 20 nitrogen and oxygen atoms in total. The van der Waals surface area contributed by atoms with Gasteiger partial charge in [0.15, 0.2) is 12.8 Å². The first kappa shape index (κ1) is 47.2. The molecule has 1 unspecified atom stereocenters. The molecule has 3 aliphatic rings. The second-order valence-electron chi connectivity index (χ2n) is 14.8. The Bertz CT molecular complexity index is 2210. The number of carbonyl (C=O) groups excluding carboxylic acids is 7. The van der Waals surface area contributed by atoms with E-state index in [1.165, 1.54) is 25.3 Å². The molecular weight excluding hydrogens is 843 g/mol. The normalized spacial score (nSPS) is 19.4. The van der Waals surface area contributed by atoms with E-state index in [1.807, 2.05) is 6.92 Å². The van der Waals surface area contributed by atoms with Crippen LogP contribution in [0, 0.1) is 5.92 Å². The summed E-state index contributed by atoms with van der Waals surface area (Å²) in [6, 6.07) is 7.84. The fourth-order valence-corrected chi connectivity index (χ4v) is 7.38. The van der Waals surface area contributed by atoms with Gasteiger partial charge in [0.25, 0.3) is 29.5 Å². The van der Waals surface area contributed by atoms with Gasteiger partial charge < -0.3 is 49.1 Å². The molecule has 0 radical (unpaired) electrons. The Labute approximate surface area is 367 Å². The monoisotopic (exact) mass is 894 g/mol. The Morgan fingerprint density at radius 3 is 2.20 bits per heavy atom. The van der Waals surface area contributed by atoms with Gasteiger partial charge in [-0.1, -0.05) is 13.0 Å². The van der Waals surface area contributed by atoms with Gasteiger partial charge in [-0.2, -0.15) is 0 Å². The number of nitrogens with zero attached hydrogens (tertiary/aromatic N) is 2. The van der Waals surface area contributed by atoms with Crippen LogP contribution in [0.1, 0.15) is 57.3 Å². The Hall–Kier alpha value is -6.29. The first-order valence-electron chi connectivity index (χ1n) is 20.9. The number of piperidine rings is 1. The zero-order chi connectivity index (χ0) is 45.6. The van der Waals surface area contributed by atoms with Crippen molar-refractivity contribution in [1.29, 1.82) is 0 Å². The van der Waals surface area contributed by atoms with Crippen molar-refractivity contribution < 1.29 is 71.1 Å². The molecule has 7 amide bonds. The number of pyridine rings is 1. The van der Waals surface area contributed by atoms with Crippen molar-refractivity contribution in [1.82, 2.24) is 31.2 Å². The van der Waals surface area contributed by atoms with Crippen LogP contribution < -0.4 is 35.5 Å². The van der Waals surface area contributed by atoms with Crippen molar-refractivity contribution in [2.45, 2.75) is 44.4 Å². The lowest BCUT2D eigenvalue weighted by atomic mass is 9.97. The fraction of sp³-hybridized carbons (Fsp3) is 0.488. The fourth-order valence-electron chi connectivity index (χ4n) is 7.38. The van der Waals surface area contributed by atoms with Crippen LogP contribution in [-0.4, -0.2) is 156 Å². The molecule has 2 fully saturated rings. The highest BCUT2D eigenvalue weighted by Gasteiger charge is 2.46. The number of aromatic nitrogens is 1. The summed E-state index contributed by atoms with van der Waals surface area (Å²) in [7, 11) is 1.45. The van der Waals surface area contributed by atoms with Crippen LogP contribution in [0.4, 0.5) is 4.39 Å². The molecule has 2 saturated heterocycles. The third-order valence-electron chi connectivity index (χ3n) is 10.6. The number of halogens is 1. The minimum absolute atomic E-state index is 0.00389. The lowest BCUT2D eigenvalue weighted by molar-refractivity contribution is -0.136. The molecule has 0 saturated carbocycles. The van der Waals surface area contributed by atoms with Crippen LogP contribution in [0.2, 0.25) is 0 Å². The molecule has 3 aromatic rings. The maximum atomic E-state index is 14.2. The van der Waals surface area contributed by atoms with Crippen molar-refractivity contribution in [3.05, 3.63) is 59.3 Å². The quantitative estimate of drug-likeness (QED) is 0.0681. The number of imide groups is 2. The molecule has 0 aliphatic carbocycles. The molecule has 3 aliphatic heterocycles. The Kier molecular flexibility index (Phi) is 16.9. The predicted octanol–water partition coefficient (Wildman–Crippen LogP) is 0.878. The molecule has 4 heterocycles. The van der Waals surface area contributed by atoms with E-state index < -0.39 is 66.2 Å². The standard InChI is InChI=1S/C43H51FN6O14/c1-3-26-30(48-40(55)37(26)44)23-64-41-28-22-33(58-2)29(21-25(28)9-10-47-41)38(53)46-12-14-60-16-18-62-20-19-61-17-15-59-13-11-45-35(52)24-63-32-6-4-5-27-36(32)43(57)50(42(27)56)31-7-8-34(51)49-39(31)54/h4-6,9-10,21-22,26,30-31,37H,3,7-8,11-20,23-24H2,1-2H3,(H,45,52)(H,46,53)(H,48,55)(H,49,51,54)/t26-,30+,31?,37-/m0/s1. The number of fused-ring (bicyclic) bond motifs is 2. The summed E-state index contributed by atoms with van der Waals surface area (Å²) in [5.74, 6) is -3.98. The number of amides is 7. The molecule has 4 N–H and O–H groups in total. The van der Waals surface area contributed by atoms with Gasteiger partial charge in [-0.3, -0.25) is 43.8 Å². The van der Waals surface area contributed by atoms with Crippen LogP contribution in [0.3, 0.4) is 0 Å². The molecule has 4 atom stereocenters. The van der Waals surface area contributed by atoms with Crippen LogP contribution in [-0.2, 0) is 38.1 Å². The van der Waals surface area contributed by atoms with Crippen molar-refractivity contribution in [3.63, 3.8) is 0 Å². The largest absolute Gasteiger partial charge is 0.496 e. The third kappa shape index (κ3) is 11.6. The molecule has 64 heavy (non-hydrogen) atoms. The van der Waals surface area contributed by atoms with Gasteiger partial charge in [0.1, 0.15) is 24.1 Å². The van der Waals surface area contributed by atoms with E-state index in [0.29, 0.717) is 61.5 Å². The molecule has 1 aromatic heterocycles. The predicted molar refractivity (Wildman–Crippen MR) is 222 cm³/mol. The van der Waals surface area contributed by atoms with Crippen molar-refractivity contribution >= 4 is 52.1 Å². The lowest BCUT2D eigenvalue weighted by Crippen LogP contribution is -2.54. The molecule has 2 aromatic carbocycles. The number of nitrogens with one attached hydrogen (secondary N) is 4. The number of rotatable bonds is 25.